The number of carbonyl (C=O) groups is 2. The number of fused-ring (bicyclic) bond motifs is 1. The first-order chi connectivity index (χ1) is 9.66. The van der Waals surface area contributed by atoms with Crippen LogP contribution in [0.15, 0.2) is 35.8 Å². The van der Waals surface area contributed by atoms with Crippen molar-refractivity contribution in [2.75, 3.05) is 5.32 Å². The Hall–Kier alpha value is -2.21. The van der Waals surface area contributed by atoms with Crippen molar-refractivity contribution in [2.45, 2.75) is 19.5 Å². The van der Waals surface area contributed by atoms with Crippen LogP contribution >= 0.6 is 11.3 Å². The molecule has 1 aromatic carbocycles. The minimum atomic E-state index is -0.529. The highest BCUT2D eigenvalue weighted by Crippen LogP contribution is 2.24. The van der Waals surface area contributed by atoms with Crippen LogP contribution in [-0.4, -0.2) is 27.7 Å². The summed E-state index contributed by atoms with van der Waals surface area (Å²) < 4.78 is 0. The highest BCUT2D eigenvalue weighted by atomic mass is 32.1. The Morgan fingerprint density at radius 3 is 2.95 bits per heavy atom. The Morgan fingerprint density at radius 2 is 2.25 bits per heavy atom. The zero-order chi connectivity index (χ0) is 14.1. The average molecular weight is 287 g/mol. The van der Waals surface area contributed by atoms with E-state index in [9.17, 15) is 9.59 Å². The number of thiazole rings is 1. The topological polar surface area (TPSA) is 62.3 Å². The average Bonchev–Trinajstić information content (AvgIpc) is 3.07. The van der Waals surface area contributed by atoms with Gasteiger partial charge in [0.25, 0.3) is 5.91 Å². The molecule has 3 rings (SSSR count). The van der Waals surface area contributed by atoms with E-state index in [1.54, 1.807) is 29.5 Å². The van der Waals surface area contributed by atoms with Gasteiger partial charge in [-0.3, -0.25) is 9.59 Å². The number of rotatable bonds is 3. The normalized spacial score (nSPS) is 15.1. The van der Waals surface area contributed by atoms with Crippen LogP contribution < -0.4 is 5.32 Å². The van der Waals surface area contributed by atoms with Crippen molar-refractivity contribution in [1.29, 1.82) is 0 Å². The first-order valence-electron chi connectivity index (χ1n) is 6.26. The smallest absolute Gasteiger partial charge is 0.255 e. The Kier molecular flexibility index (Phi) is 3.23. The molecule has 6 heteroatoms. The molecule has 1 aliphatic heterocycles. The molecule has 0 radical (unpaired) electrons. The quantitative estimate of drug-likeness (QED) is 0.940. The number of nitrogens with one attached hydrogen (secondary N) is 1. The number of anilines is 1. The molecule has 0 fully saturated rings. The van der Waals surface area contributed by atoms with E-state index in [1.807, 2.05) is 18.2 Å². The lowest BCUT2D eigenvalue weighted by atomic mass is 10.1. The van der Waals surface area contributed by atoms with E-state index in [-0.39, 0.29) is 11.8 Å². The van der Waals surface area contributed by atoms with Gasteiger partial charge in [0.2, 0.25) is 5.91 Å². The largest absolute Gasteiger partial charge is 0.323 e. The molecule has 0 unspecified atom stereocenters. The van der Waals surface area contributed by atoms with Gasteiger partial charge in [-0.1, -0.05) is 18.2 Å². The van der Waals surface area contributed by atoms with E-state index >= 15 is 0 Å². The molecule has 0 aliphatic carbocycles. The summed E-state index contributed by atoms with van der Waals surface area (Å²) in [6, 6.07) is 6.91. The van der Waals surface area contributed by atoms with Crippen molar-refractivity contribution < 1.29 is 9.59 Å². The summed E-state index contributed by atoms with van der Waals surface area (Å²) >= 11 is 1.35. The summed E-state index contributed by atoms with van der Waals surface area (Å²) in [7, 11) is 0. The van der Waals surface area contributed by atoms with Gasteiger partial charge >= 0.3 is 0 Å². The third kappa shape index (κ3) is 2.18. The molecule has 0 spiro atoms. The van der Waals surface area contributed by atoms with Crippen molar-refractivity contribution in [3.05, 3.63) is 47.0 Å². The van der Waals surface area contributed by atoms with Crippen molar-refractivity contribution in [1.82, 2.24) is 9.88 Å². The van der Waals surface area contributed by atoms with Crippen molar-refractivity contribution in [3.63, 3.8) is 0 Å². The van der Waals surface area contributed by atoms with Gasteiger partial charge in [-0.15, -0.1) is 11.3 Å². The Morgan fingerprint density at radius 1 is 1.45 bits per heavy atom. The third-order valence-corrected chi connectivity index (χ3v) is 4.05. The van der Waals surface area contributed by atoms with Gasteiger partial charge in [0.15, 0.2) is 5.13 Å². The van der Waals surface area contributed by atoms with Crippen molar-refractivity contribution in [3.8, 4) is 0 Å². The van der Waals surface area contributed by atoms with E-state index in [0.29, 0.717) is 17.2 Å². The predicted octanol–water partition coefficient (Wildman–Crippen LogP) is 2.13. The number of hydrogen-bond donors (Lipinski definition) is 1. The van der Waals surface area contributed by atoms with Gasteiger partial charge in [-0.2, -0.15) is 0 Å². The van der Waals surface area contributed by atoms with E-state index in [0.717, 1.165) is 5.56 Å². The van der Waals surface area contributed by atoms with Crippen LogP contribution in [0.2, 0.25) is 0 Å². The van der Waals surface area contributed by atoms with Crippen LogP contribution in [-0.2, 0) is 11.3 Å². The van der Waals surface area contributed by atoms with Crippen LogP contribution in [0.3, 0.4) is 0 Å². The lowest BCUT2D eigenvalue weighted by Crippen LogP contribution is -2.42. The van der Waals surface area contributed by atoms with E-state index in [4.69, 9.17) is 0 Å². The molecule has 2 amide bonds. The number of aromatic nitrogens is 1. The molecular formula is C14H13N3O2S. The van der Waals surface area contributed by atoms with Gasteiger partial charge in [0.1, 0.15) is 6.04 Å². The predicted molar refractivity (Wildman–Crippen MR) is 76.5 cm³/mol. The van der Waals surface area contributed by atoms with Crippen LogP contribution in [0.25, 0.3) is 0 Å². The summed E-state index contributed by atoms with van der Waals surface area (Å²) in [5.41, 5.74) is 1.65. The molecule has 1 N–H and O–H groups in total. The van der Waals surface area contributed by atoms with Gasteiger partial charge in [0.05, 0.1) is 0 Å². The first-order valence-corrected chi connectivity index (χ1v) is 7.14. The fourth-order valence-corrected chi connectivity index (χ4v) is 2.76. The van der Waals surface area contributed by atoms with Crippen molar-refractivity contribution >= 4 is 28.3 Å². The molecule has 102 valence electrons. The van der Waals surface area contributed by atoms with Gasteiger partial charge < -0.3 is 10.2 Å². The second kappa shape index (κ2) is 5.05. The van der Waals surface area contributed by atoms with Crippen LogP contribution in [0.4, 0.5) is 5.13 Å². The number of nitrogens with zero attached hydrogens (tertiary/aromatic N) is 2. The van der Waals surface area contributed by atoms with Gasteiger partial charge in [0, 0.05) is 23.7 Å². The fraction of sp³-hybridized carbons (Fsp3) is 0.214. The molecular weight excluding hydrogens is 274 g/mol. The zero-order valence-corrected chi connectivity index (χ0v) is 11.7. The zero-order valence-electron chi connectivity index (χ0n) is 10.9. The summed E-state index contributed by atoms with van der Waals surface area (Å²) in [5, 5.41) is 5.06. The Bertz CT molecular complexity index is 654. The van der Waals surface area contributed by atoms with Crippen LogP contribution in [0.1, 0.15) is 22.8 Å². The second-order valence-electron chi connectivity index (χ2n) is 4.59. The molecule has 2 heterocycles. The number of carbonyl (C=O) groups excluding carboxylic acids is 2. The minimum Gasteiger partial charge on any atom is -0.323 e. The summed E-state index contributed by atoms with van der Waals surface area (Å²) in [6.45, 7) is 2.20. The maximum atomic E-state index is 12.3. The van der Waals surface area contributed by atoms with E-state index < -0.39 is 6.04 Å². The molecule has 0 saturated carbocycles. The third-order valence-electron chi connectivity index (χ3n) is 3.36. The Labute approximate surface area is 120 Å². The number of hydrogen-bond acceptors (Lipinski definition) is 4. The number of amides is 2. The van der Waals surface area contributed by atoms with Gasteiger partial charge in [-0.25, -0.2) is 4.98 Å². The lowest BCUT2D eigenvalue weighted by molar-refractivity contribution is -0.120. The molecule has 0 saturated heterocycles. The number of benzene rings is 1. The van der Waals surface area contributed by atoms with Crippen molar-refractivity contribution in [2.24, 2.45) is 0 Å². The molecule has 0 bridgehead atoms. The van der Waals surface area contributed by atoms with Crippen LogP contribution in [0.5, 0.6) is 0 Å². The maximum absolute atomic E-state index is 12.3. The van der Waals surface area contributed by atoms with E-state index in [1.165, 1.54) is 11.3 Å². The molecule has 1 atom stereocenters. The molecule has 1 aliphatic rings. The monoisotopic (exact) mass is 287 g/mol. The van der Waals surface area contributed by atoms with Crippen LogP contribution in [0, 0.1) is 0 Å². The SMILES string of the molecule is C[C@H](C(=O)Nc1nccs1)N1Cc2ccccc2C1=O. The highest BCUT2D eigenvalue weighted by molar-refractivity contribution is 7.13. The minimum absolute atomic E-state index is 0.0950. The van der Waals surface area contributed by atoms with E-state index in [2.05, 4.69) is 10.3 Å². The second-order valence-corrected chi connectivity index (χ2v) is 5.49. The summed E-state index contributed by atoms with van der Waals surface area (Å²) in [4.78, 5) is 30.0. The Balaban J connectivity index is 1.74. The standard InChI is InChI=1S/C14H13N3O2S/c1-9(12(18)16-14-15-6-7-20-14)17-8-10-4-2-3-5-11(10)13(17)19/h2-7,9H,8H2,1H3,(H,15,16,18)/t9-/m1/s1. The molecule has 1 aromatic heterocycles. The first kappa shape index (κ1) is 12.8. The van der Waals surface area contributed by atoms with Gasteiger partial charge in [-0.05, 0) is 18.6 Å². The summed E-state index contributed by atoms with van der Waals surface area (Å²) in [6.07, 6.45) is 1.63. The molecule has 20 heavy (non-hydrogen) atoms. The molecule has 2 aromatic rings. The molecule has 5 nitrogen and oxygen atoms in total. The summed E-state index contributed by atoms with van der Waals surface area (Å²) in [5.74, 6) is -0.316. The fourth-order valence-electron chi connectivity index (χ4n) is 2.23. The maximum Gasteiger partial charge on any atom is 0.255 e. The lowest BCUT2D eigenvalue weighted by Gasteiger charge is -2.22. The highest BCUT2D eigenvalue weighted by Gasteiger charge is 2.33.